The molecule has 0 aliphatic heterocycles. The Balaban J connectivity index is 2.06. The van der Waals surface area contributed by atoms with Gasteiger partial charge >= 0.3 is 6.03 Å². The number of urea groups is 1. The molecule has 0 unspecified atom stereocenters. The SMILES string of the molecule is CC(C)CNC(=O)Nc1nnc(C(C)(C)c2ccccc2)s1. The van der Waals surface area contributed by atoms with Gasteiger partial charge in [0.25, 0.3) is 0 Å². The van der Waals surface area contributed by atoms with E-state index >= 15 is 0 Å². The fourth-order valence-corrected chi connectivity index (χ4v) is 2.81. The first kappa shape index (κ1) is 16.4. The monoisotopic (exact) mass is 318 g/mol. The molecule has 0 bridgehead atoms. The lowest BCUT2D eigenvalue weighted by atomic mass is 9.85. The molecule has 22 heavy (non-hydrogen) atoms. The molecule has 1 heterocycles. The minimum absolute atomic E-state index is 0.242. The van der Waals surface area contributed by atoms with Crippen molar-refractivity contribution in [1.82, 2.24) is 15.5 Å². The van der Waals surface area contributed by atoms with Gasteiger partial charge in [-0.3, -0.25) is 5.32 Å². The van der Waals surface area contributed by atoms with Gasteiger partial charge < -0.3 is 5.32 Å². The molecule has 2 amide bonds. The Morgan fingerprint density at radius 2 is 1.91 bits per heavy atom. The first-order chi connectivity index (χ1) is 10.4. The summed E-state index contributed by atoms with van der Waals surface area (Å²) in [5.41, 5.74) is 0.926. The molecule has 0 atom stereocenters. The molecular formula is C16H22N4OS. The molecule has 0 aliphatic rings. The maximum absolute atomic E-state index is 11.8. The van der Waals surface area contributed by atoms with Gasteiger partial charge in [0.2, 0.25) is 5.13 Å². The Morgan fingerprint density at radius 3 is 2.55 bits per heavy atom. The molecule has 0 spiro atoms. The molecule has 118 valence electrons. The summed E-state index contributed by atoms with van der Waals surface area (Å²) < 4.78 is 0. The minimum atomic E-state index is -0.243. The number of amides is 2. The van der Waals surface area contributed by atoms with Crippen LogP contribution in [0.1, 0.15) is 38.3 Å². The van der Waals surface area contributed by atoms with Crippen molar-refractivity contribution in [3.05, 3.63) is 40.9 Å². The minimum Gasteiger partial charge on any atom is -0.338 e. The van der Waals surface area contributed by atoms with Crippen LogP contribution >= 0.6 is 11.3 Å². The zero-order chi connectivity index (χ0) is 16.2. The van der Waals surface area contributed by atoms with Gasteiger partial charge in [0.05, 0.1) is 0 Å². The molecule has 1 aromatic heterocycles. The second kappa shape index (κ2) is 6.87. The zero-order valence-corrected chi connectivity index (χ0v) is 14.2. The number of hydrogen-bond acceptors (Lipinski definition) is 4. The van der Waals surface area contributed by atoms with Crippen LogP contribution in [-0.4, -0.2) is 22.8 Å². The molecule has 2 aromatic rings. The van der Waals surface area contributed by atoms with Crippen LogP contribution in [0.3, 0.4) is 0 Å². The Labute approximate surface area is 135 Å². The fourth-order valence-electron chi connectivity index (χ4n) is 1.94. The maximum Gasteiger partial charge on any atom is 0.321 e. The number of nitrogens with one attached hydrogen (secondary N) is 2. The third kappa shape index (κ3) is 4.04. The van der Waals surface area contributed by atoms with Crippen LogP contribution in [0.25, 0.3) is 0 Å². The van der Waals surface area contributed by atoms with Gasteiger partial charge in [0.15, 0.2) is 0 Å². The zero-order valence-electron chi connectivity index (χ0n) is 13.4. The molecule has 0 aliphatic carbocycles. The number of nitrogens with zero attached hydrogens (tertiary/aromatic N) is 2. The topological polar surface area (TPSA) is 66.9 Å². The van der Waals surface area contributed by atoms with Gasteiger partial charge in [-0.1, -0.05) is 55.5 Å². The van der Waals surface area contributed by atoms with Crippen LogP contribution in [0, 0.1) is 5.92 Å². The smallest absolute Gasteiger partial charge is 0.321 e. The number of anilines is 1. The lowest BCUT2D eigenvalue weighted by Gasteiger charge is -2.21. The highest BCUT2D eigenvalue weighted by molar-refractivity contribution is 7.15. The lowest BCUT2D eigenvalue weighted by Crippen LogP contribution is -2.31. The standard InChI is InChI=1S/C16H22N4OS/c1-11(2)10-17-14(21)18-15-20-19-13(22-15)16(3,4)12-8-6-5-7-9-12/h5-9,11H,10H2,1-4H3,(H2,17,18,20,21). The summed E-state index contributed by atoms with van der Waals surface area (Å²) in [5, 5.41) is 15.2. The van der Waals surface area contributed by atoms with Crippen molar-refractivity contribution in [1.29, 1.82) is 0 Å². The van der Waals surface area contributed by atoms with E-state index in [0.717, 1.165) is 5.01 Å². The Hall–Kier alpha value is -1.95. The van der Waals surface area contributed by atoms with E-state index in [1.54, 1.807) is 0 Å². The van der Waals surface area contributed by atoms with Crippen LogP contribution in [0.2, 0.25) is 0 Å². The largest absolute Gasteiger partial charge is 0.338 e. The fraction of sp³-hybridized carbons (Fsp3) is 0.438. The number of aromatic nitrogens is 2. The van der Waals surface area contributed by atoms with E-state index in [1.165, 1.54) is 16.9 Å². The van der Waals surface area contributed by atoms with Gasteiger partial charge in [-0.2, -0.15) is 0 Å². The molecule has 2 N–H and O–H groups in total. The van der Waals surface area contributed by atoms with Crippen LogP contribution < -0.4 is 10.6 Å². The van der Waals surface area contributed by atoms with E-state index in [2.05, 4.69) is 46.8 Å². The Morgan fingerprint density at radius 1 is 1.23 bits per heavy atom. The van der Waals surface area contributed by atoms with Crippen LogP contribution in [-0.2, 0) is 5.41 Å². The predicted octanol–water partition coefficient (Wildman–Crippen LogP) is 3.64. The van der Waals surface area contributed by atoms with E-state index in [0.29, 0.717) is 17.6 Å². The highest BCUT2D eigenvalue weighted by Gasteiger charge is 2.27. The number of rotatable bonds is 5. The van der Waals surface area contributed by atoms with Crippen molar-refractivity contribution in [2.24, 2.45) is 5.92 Å². The third-order valence-electron chi connectivity index (χ3n) is 3.35. The van der Waals surface area contributed by atoms with Crippen molar-refractivity contribution in [2.75, 3.05) is 11.9 Å². The third-order valence-corrected chi connectivity index (χ3v) is 4.51. The molecule has 0 fully saturated rings. The molecule has 0 radical (unpaired) electrons. The molecule has 0 saturated heterocycles. The van der Waals surface area contributed by atoms with Gasteiger partial charge in [-0.05, 0) is 25.3 Å². The highest BCUT2D eigenvalue weighted by Crippen LogP contribution is 2.34. The summed E-state index contributed by atoms with van der Waals surface area (Å²) >= 11 is 1.40. The van der Waals surface area contributed by atoms with Crippen molar-refractivity contribution in [2.45, 2.75) is 33.1 Å². The summed E-state index contributed by atoms with van der Waals surface area (Å²) in [4.78, 5) is 11.8. The summed E-state index contributed by atoms with van der Waals surface area (Å²) in [5.74, 6) is 0.410. The van der Waals surface area contributed by atoms with Crippen LogP contribution in [0.4, 0.5) is 9.93 Å². The van der Waals surface area contributed by atoms with Crippen LogP contribution in [0.5, 0.6) is 0 Å². The van der Waals surface area contributed by atoms with Crippen molar-refractivity contribution in [3.8, 4) is 0 Å². The van der Waals surface area contributed by atoms with Gasteiger partial charge in [0.1, 0.15) is 5.01 Å². The van der Waals surface area contributed by atoms with E-state index in [1.807, 2.05) is 32.0 Å². The van der Waals surface area contributed by atoms with Gasteiger partial charge in [-0.15, -0.1) is 10.2 Å². The Kier molecular flexibility index (Phi) is 5.13. The molecule has 1 aromatic carbocycles. The Bertz CT molecular complexity index is 622. The van der Waals surface area contributed by atoms with E-state index in [4.69, 9.17) is 0 Å². The number of carbonyl (C=O) groups excluding carboxylic acids is 1. The predicted molar refractivity (Wildman–Crippen MR) is 90.3 cm³/mol. The van der Waals surface area contributed by atoms with E-state index < -0.39 is 0 Å². The quantitative estimate of drug-likeness (QED) is 0.884. The van der Waals surface area contributed by atoms with Gasteiger partial charge in [-0.25, -0.2) is 4.79 Å². The number of benzene rings is 1. The first-order valence-corrected chi connectivity index (χ1v) is 8.15. The van der Waals surface area contributed by atoms with E-state index in [-0.39, 0.29) is 11.4 Å². The summed E-state index contributed by atoms with van der Waals surface area (Å²) in [7, 11) is 0. The lowest BCUT2D eigenvalue weighted by molar-refractivity contribution is 0.251. The second-order valence-electron chi connectivity index (χ2n) is 6.13. The molecule has 5 nitrogen and oxygen atoms in total. The van der Waals surface area contributed by atoms with Crippen LogP contribution in [0.15, 0.2) is 30.3 Å². The number of hydrogen-bond donors (Lipinski definition) is 2. The average Bonchev–Trinajstić information content (AvgIpc) is 2.95. The van der Waals surface area contributed by atoms with E-state index in [9.17, 15) is 4.79 Å². The van der Waals surface area contributed by atoms with Crippen molar-refractivity contribution >= 4 is 22.5 Å². The molecule has 2 rings (SSSR count). The second-order valence-corrected chi connectivity index (χ2v) is 7.11. The molecule has 0 saturated carbocycles. The summed E-state index contributed by atoms with van der Waals surface area (Å²) in [6.45, 7) is 8.93. The number of carbonyl (C=O) groups is 1. The summed E-state index contributed by atoms with van der Waals surface area (Å²) in [6.07, 6.45) is 0. The van der Waals surface area contributed by atoms with Crippen molar-refractivity contribution < 1.29 is 4.79 Å². The maximum atomic E-state index is 11.8. The highest BCUT2D eigenvalue weighted by atomic mass is 32.1. The first-order valence-electron chi connectivity index (χ1n) is 7.34. The normalized spacial score (nSPS) is 11.5. The van der Waals surface area contributed by atoms with Crippen molar-refractivity contribution in [3.63, 3.8) is 0 Å². The summed E-state index contributed by atoms with van der Waals surface area (Å²) in [6, 6.07) is 9.92. The average molecular weight is 318 g/mol. The molecular weight excluding hydrogens is 296 g/mol. The van der Waals surface area contributed by atoms with Gasteiger partial charge in [0, 0.05) is 12.0 Å². The molecule has 6 heteroatoms.